The van der Waals surface area contributed by atoms with Crippen molar-refractivity contribution in [1.82, 2.24) is 4.90 Å². The van der Waals surface area contributed by atoms with E-state index in [-0.39, 0.29) is 34.8 Å². The zero-order valence-corrected chi connectivity index (χ0v) is 20.4. The number of benzene rings is 2. The first-order chi connectivity index (χ1) is 14.3. The number of thioether (sulfide) groups is 1. The zero-order chi connectivity index (χ0) is 21.8. The number of phenolic OH excluding ortho intramolecular Hbond substituents is 1. The van der Waals surface area contributed by atoms with Gasteiger partial charge in [0, 0.05) is 9.50 Å². The zero-order valence-electron chi connectivity index (χ0n) is 15.7. The topological polar surface area (TPSA) is 76.1 Å². The number of nitrogens with zero attached hydrogens (tertiary/aromatic N) is 1. The molecule has 0 atom stereocenters. The van der Waals surface area contributed by atoms with E-state index < -0.39 is 5.91 Å². The van der Waals surface area contributed by atoms with Gasteiger partial charge in [0.2, 0.25) is 0 Å². The van der Waals surface area contributed by atoms with Gasteiger partial charge in [0.25, 0.3) is 11.1 Å². The normalized spacial score (nSPS) is 15.2. The molecule has 1 aliphatic rings. The predicted molar refractivity (Wildman–Crippen MR) is 124 cm³/mol. The van der Waals surface area contributed by atoms with Crippen molar-refractivity contribution >= 4 is 72.4 Å². The molecule has 3 rings (SSSR count). The molecule has 6 nitrogen and oxygen atoms in total. The molecule has 1 aliphatic heterocycles. The van der Waals surface area contributed by atoms with E-state index in [0.717, 1.165) is 16.7 Å². The summed E-state index contributed by atoms with van der Waals surface area (Å²) in [5.74, 6) is 0.421. The number of amides is 2. The molecule has 2 aromatic carbocycles. The third kappa shape index (κ3) is 5.14. The summed E-state index contributed by atoms with van der Waals surface area (Å²) in [6.07, 6.45) is 1.59. The van der Waals surface area contributed by atoms with E-state index in [2.05, 4.69) is 31.9 Å². The molecule has 0 spiro atoms. The van der Waals surface area contributed by atoms with Crippen molar-refractivity contribution in [3.05, 3.63) is 54.8 Å². The van der Waals surface area contributed by atoms with Crippen LogP contribution in [0.3, 0.4) is 0 Å². The molecule has 2 aromatic rings. The Morgan fingerprint density at radius 3 is 2.53 bits per heavy atom. The molecule has 1 fully saturated rings. The number of carbonyl (C=O) groups is 2. The molecule has 1 N–H and O–H groups in total. The lowest BCUT2D eigenvalue weighted by Crippen LogP contribution is -2.32. The van der Waals surface area contributed by atoms with Gasteiger partial charge in [-0.15, -0.1) is 0 Å². The average molecular weight is 578 g/mol. The Morgan fingerprint density at radius 1 is 1.17 bits per heavy atom. The highest BCUT2D eigenvalue weighted by molar-refractivity contribution is 9.13. The van der Waals surface area contributed by atoms with Gasteiger partial charge in [0.1, 0.15) is 12.4 Å². The largest absolute Gasteiger partial charge is 0.503 e. The summed E-state index contributed by atoms with van der Waals surface area (Å²) >= 11 is 13.4. The molecule has 1 heterocycles. The van der Waals surface area contributed by atoms with Crippen LogP contribution in [0.5, 0.6) is 17.2 Å². The quantitative estimate of drug-likeness (QED) is 0.402. The van der Waals surface area contributed by atoms with Gasteiger partial charge in [-0.2, -0.15) is 0 Å². The third-order valence-corrected chi connectivity index (χ3v) is 7.35. The van der Waals surface area contributed by atoms with Gasteiger partial charge in [-0.1, -0.05) is 11.6 Å². The highest BCUT2D eigenvalue weighted by atomic mass is 79.9. The molecule has 0 saturated carbocycles. The number of imide groups is 1. The number of rotatable bonds is 7. The van der Waals surface area contributed by atoms with E-state index >= 15 is 0 Å². The molecular weight excluding hydrogens is 562 g/mol. The number of halogens is 3. The second-order valence-electron chi connectivity index (χ2n) is 6.01. The lowest BCUT2D eigenvalue weighted by atomic mass is 10.2. The first-order valence-electron chi connectivity index (χ1n) is 8.79. The Hall–Kier alpha value is -1.68. The first kappa shape index (κ1) is 23.0. The highest BCUT2D eigenvalue weighted by Gasteiger charge is 2.35. The lowest BCUT2D eigenvalue weighted by Gasteiger charge is -2.13. The van der Waals surface area contributed by atoms with Crippen LogP contribution in [-0.2, 0) is 4.79 Å². The van der Waals surface area contributed by atoms with Gasteiger partial charge in [-0.25, -0.2) is 0 Å². The molecular formula is C20H16Br2ClNO5S. The number of carbonyl (C=O) groups excluding carboxylic acids is 2. The smallest absolute Gasteiger partial charge is 0.293 e. The molecule has 10 heteroatoms. The Balaban J connectivity index is 1.74. The van der Waals surface area contributed by atoms with Gasteiger partial charge in [0.15, 0.2) is 11.5 Å². The Labute approximate surface area is 199 Å². The molecule has 158 valence electrons. The monoisotopic (exact) mass is 575 g/mol. The van der Waals surface area contributed by atoms with Crippen molar-refractivity contribution in [2.45, 2.75) is 6.92 Å². The van der Waals surface area contributed by atoms with Crippen LogP contribution in [0.4, 0.5) is 4.79 Å². The predicted octanol–water partition coefficient (Wildman–Crippen LogP) is 6.08. The summed E-state index contributed by atoms with van der Waals surface area (Å²) in [6.45, 7) is 2.45. The molecule has 0 radical (unpaired) electrons. The summed E-state index contributed by atoms with van der Waals surface area (Å²) in [6, 6.07) is 8.43. The maximum absolute atomic E-state index is 12.7. The van der Waals surface area contributed by atoms with Crippen molar-refractivity contribution in [3.63, 3.8) is 0 Å². The average Bonchev–Trinajstić information content (AvgIpc) is 2.98. The van der Waals surface area contributed by atoms with E-state index in [1.54, 1.807) is 43.3 Å². The Bertz CT molecular complexity index is 1010. The minimum absolute atomic E-state index is 0.0478. The fourth-order valence-corrected chi connectivity index (χ4v) is 4.42. The summed E-state index contributed by atoms with van der Waals surface area (Å²) in [5.41, 5.74) is 0.589. The van der Waals surface area contributed by atoms with Crippen LogP contribution in [0.2, 0.25) is 5.02 Å². The Kier molecular flexibility index (Phi) is 7.73. The van der Waals surface area contributed by atoms with Crippen molar-refractivity contribution in [3.8, 4) is 17.2 Å². The van der Waals surface area contributed by atoms with Gasteiger partial charge in [-0.05, 0) is 92.5 Å². The summed E-state index contributed by atoms with van der Waals surface area (Å²) in [4.78, 5) is 26.4. The van der Waals surface area contributed by atoms with Crippen LogP contribution in [0.25, 0.3) is 6.08 Å². The third-order valence-electron chi connectivity index (χ3n) is 4.03. The van der Waals surface area contributed by atoms with Crippen molar-refractivity contribution < 1.29 is 24.2 Å². The highest BCUT2D eigenvalue weighted by Crippen LogP contribution is 2.43. The van der Waals surface area contributed by atoms with Gasteiger partial charge in [-0.3, -0.25) is 14.5 Å². The van der Waals surface area contributed by atoms with E-state index in [4.69, 9.17) is 21.1 Å². The van der Waals surface area contributed by atoms with Crippen LogP contribution in [-0.4, -0.2) is 40.9 Å². The SMILES string of the molecule is CCOc1cc(/C=C2\SC(=O)N(CCOc3ccc(Cl)cc3)C2=O)c(Br)c(Br)c1O. The van der Waals surface area contributed by atoms with Crippen LogP contribution >= 0.6 is 55.2 Å². The summed E-state index contributed by atoms with van der Waals surface area (Å²) in [5, 5.41) is 10.4. The van der Waals surface area contributed by atoms with Crippen LogP contribution in [0, 0.1) is 0 Å². The first-order valence-corrected chi connectivity index (χ1v) is 11.6. The number of hydrogen-bond acceptors (Lipinski definition) is 6. The van der Waals surface area contributed by atoms with Crippen LogP contribution in [0.15, 0.2) is 44.2 Å². The minimum Gasteiger partial charge on any atom is -0.503 e. The molecule has 1 saturated heterocycles. The van der Waals surface area contributed by atoms with E-state index in [0.29, 0.717) is 31.9 Å². The fraction of sp³-hybridized carbons (Fsp3) is 0.200. The van der Waals surface area contributed by atoms with Gasteiger partial charge >= 0.3 is 0 Å². The maximum atomic E-state index is 12.7. The second-order valence-corrected chi connectivity index (χ2v) is 9.02. The Morgan fingerprint density at radius 2 is 1.87 bits per heavy atom. The lowest BCUT2D eigenvalue weighted by molar-refractivity contribution is -0.123. The molecule has 0 unspecified atom stereocenters. The number of ether oxygens (including phenoxy) is 2. The van der Waals surface area contributed by atoms with E-state index in [1.165, 1.54) is 0 Å². The maximum Gasteiger partial charge on any atom is 0.293 e. The van der Waals surface area contributed by atoms with E-state index in [9.17, 15) is 14.7 Å². The minimum atomic E-state index is -0.404. The number of phenols is 1. The standard InChI is InChI=1S/C20H16Br2ClNO5S/c1-2-28-14-9-11(16(21)17(22)18(14)25)10-15-19(26)24(20(27)30-15)7-8-29-13-5-3-12(23)4-6-13/h3-6,9-10,25H,2,7-8H2,1H3/b15-10-. The fourth-order valence-electron chi connectivity index (χ4n) is 2.60. The molecule has 0 aromatic heterocycles. The molecule has 0 bridgehead atoms. The van der Waals surface area contributed by atoms with E-state index in [1.807, 2.05) is 0 Å². The van der Waals surface area contributed by atoms with Gasteiger partial charge < -0.3 is 14.6 Å². The summed E-state index contributed by atoms with van der Waals surface area (Å²) in [7, 11) is 0. The summed E-state index contributed by atoms with van der Waals surface area (Å²) < 4.78 is 11.9. The van der Waals surface area contributed by atoms with Crippen molar-refractivity contribution in [2.75, 3.05) is 19.8 Å². The second kappa shape index (κ2) is 10.1. The van der Waals surface area contributed by atoms with Gasteiger partial charge in [0.05, 0.1) is 22.5 Å². The van der Waals surface area contributed by atoms with Crippen LogP contribution < -0.4 is 9.47 Å². The van der Waals surface area contributed by atoms with Crippen molar-refractivity contribution in [1.29, 1.82) is 0 Å². The molecule has 30 heavy (non-hydrogen) atoms. The van der Waals surface area contributed by atoms with Crippen molar-refractivity contribution in [2.24, 2.45) is 0 Å². The van der Waals surface area contributed by atoms with Crippen LogP contribution in [0.1, 0.15) is 12.5 Å². The number of hydrogen-bond donors (Lipinski definition) is 1. The molecule has 0 aliphatic carbocycles. The molecule has 2 amide bonds. The number of aromatic hydroxyl groups is 1.